The minimum Gasteiger partial charge on any atom is -0.350 e. The van der Waals surface area contributed by atoms with Gasteiger partial charge in [0.05, 0.1) is 0 Å². The summed E-state index contributed by atoms with van der Waals surface area (Å²) in [5, 5.41) is 3.09. The number of amides is 1. The van der Waals surface area contributed by atoms with E-state index in [9.17, 15) is 9.18 Å². The number of rotatable bonds is 3. The molecule has 3 unspecified atom stereocenters. The Kier molecular flexibility index (Phi) is 3.36. The average Bonchev–Trinajstić information content (AvgIpc) is 3.00. The van der Waals surface area contributed by atoms with Crippen molar-refractivity contribution in [2.75, 3.05) is 0 Å². The summed E-state index contributed by atoms with van der Waals surface area (Å²) in [6.07, 6.45) is 8.29. The molecule has 19 heavy (non-hydrogen) atoms. The summed E-state index contributed by atoms with van der Waals surface area (Å²) in [6, 6.07) is 6.48. The summed E-state index contributed by atoms with van der Waals surface area (Å²) in [5.74, 6) is 1.22. The van der Waals surface area contributed by atoms with Gasteiger partial charge in [0, 0.05) is 12.1 Å². The Bertz CT molecular complexity index is 494. The van der Waals surface area contributed by atoms with Gasteiger partial charge in [-0.25, -0.2) is 4.39 Å². The molecule has 1 aromatic rings. The van der Waals surface area contributed by atoms with E-state index in [2.05, 4.69) is 5.32 Å². The highest BCUT2D eigenvalue weighted by atomic mass is 19.1. The second kappa shape index (κ2) is 5.16. The largest absolute Gasteiger partial charge is 0.350 e. The topological polar surface area (TPSA) is 29.1 Å². The SMILES string of the molecule is O=C(C=Cc1ccc(F)cc1)NC1CC2CCC1C2. The summed E-state index contributed by atoms with van der Waals surface area (Å²) in [5.41, 5.74) is 0.837. The van der Waals surface area contributed by atoms with Gasteiger partial charge in [0.25, 0.3) is 0 Å². The Morgan fingerprint density at radius 3 is 2.63 bits per heavy atom. The van der Waals surface area contributed by atoms with Crippen molar-refractivity contribution >= 4 is 12.0 Å². The molecular formula is C16H18FNO. The minimum absolute atomic E-state index is 0.0399. The molecule has 0 aliphatic heterocycles. The average molecular weight is 259 g/mol. The monoisotopic (exact) mass is 259 g/mol. The summed E-state index contributed by atoms with van der Waals surface area (Å²) in [4.78, 5) is 11.8. The number of nitrogens with one attached hydrogen (secondary N) is 1. The molecule has 2 nitrogen and oxygen atoms in total. The molecule has 3 atom stereocenters. The van der Waals surface area contributed by atoms with Crippen LogP contribution in [0.25, 0.3) is 6.08 Å². The van der Waals surface area contributed by atoms with Crippen molar-refractivity contribution in [1.29, 1.82) is 0 Å². The Morgan fingerprint density at radius 1 is 1.21 bits per heavy atom. The van der Waals surface area contributed by atoms with Gasteiger partial charge in [-0.2, -0.15) is 0 Å². The lowest BCUT2D eigenvalue weighted by Crippen LogP contribution is -2.37. The maximum Gasteiger partial charge on any atom is 0.244 e. The molecule has 2 aliphatic carbocycles. The molecule has 0 aromatic heterocycles. The van der Waals surface area contributed by atoms with Gasteiger partial charge in [-0.3, -0.25) is 4.79 Å². The summed E-state index contributed by atoms with van der Waals surface area (Å²) >= 11 is 0. The lowest BCUT2D eigenvalue weighted by atomic mass is 9.95. The van der Waals surface area contributed by atoms with Crippen LogP contribution >= 0.6 is 0 Å². The van der Waals surface area contributed by atoms with E-state index in [0.29, 0.717) is 12.0 Å². The van der Waals surface area contributed by atoms with E-state index in [1.54, 1.807) is 24.3 Å². The molecule has 1 amide bonds. The molecule has 0 saturated heterocycles. The molecule has 0 radical (unpaired) electrons. The van der Waals surface area contributed by atoms with Crippen molar-refractivity contribution in [1.82, 2.24) is 5.32 Å². The van der Waals surface area contributed by atoms with Gasteiger partial charge in [0.2, 0.25) is 5.91 Å². The third-order valence-corrected chi connectivity index (χ3v) is 4.36. The Labute approximate surface area is 112 Å². The number of carbonyl (C=O) groups excluding carboxylic acids is 1. The fourth-order valence-corrected chi connectivity index (χ4v) is 3.40. The predicted molar refractivity (Wildman–Crippen MR) is 72.8 cm³/mol. The van der Waals surface area contributed by atoms with Gasteiger partial charge >= 0.3 is 0 Å². The van der Waals surface area contributed by atoms with Crippen LogP contribution in [0.2, 0.25) is 0 Å². The first-order valence-corrected chi connectivity index (χ1v) is 6.95. The molecule has 2 aliphatic rings. The van der Waals surface area contributed by atoms with Crippen LogP contribution in [0.15, 0.2) is 30.3 Å². The normalized spacial score (nSPS) is 29.0. The molecule has 2 bridgehead atoms. The lowest BCUT2D eigenvalue weighted by Gasteiger charge is -2.22. The molecule has 2 saturated carbocycles. The quantitative estimate of drug-likeness (QED) is 0.830. The highest BCUT2D eigenvalue weighted by Crippen LogP contribution is 2.44. The molecule has 1 aromatic carbocycles. The van der Waals surface area contributed by atoms with Crippen molar-refractivity contribution in [3.63, 3.8) is 0 Å². The van der Waals surface area contributed by atoms with Gasteiger partial charge in [-0.1, -0.05) is 18.6 Å². The van der Waals surface area contributed by atoms with Crippen molar-refractivity contribution in [2.45, 2.75) is 31.7 Å². The van der Waals surface area contributed by atoms with Crippen LogP contribution < -0.4 is 5.32 Å². The lowest BCUT2D eigenvalue weighted by molar-refractivity contribution is -0.117. The number of hydrogen-bond acceptors (Lipinski definition) is 1. The second-order valence-corrected chi connectivity index (χ2v) is 5.67. The number of fused-ring (bicyclic) bond motifs is 2. The van der Waals surface area contributed by atoms with Crippen LogP contribution in [0.3, 0.4) is 0 Å². The van der Waals surface area contributed by atoms with Crippen LogP contribution in [0, 0.1) is 17.7 Å². The zero-order valence-electron chi connectivity index (χ0n) is 10.8. The number of hydrogen-bond donors (Lipinski definition) is 1. The van der Waals surface area contributed by atoms with Crippen molar-refractivity contribution < 1.29 is 9.18 Å². The molecule has 0 heterocycles. The Hall–Kier alpha value is -1.64. The molecule has 1 N–H and O–H groups in total. The first kappa shape index (κ1) is 12.4. The van der Waals surface area contributed by atoms with Gasteiger partial charge in [-0.15, -0.1) is 0 Å². The van der Waals surface area contributed by atoms with Crippen molar-refractivity contribution in [2.24, 2.45) is 11.8 Å². The third kappa shape index (κ3) is 2.86. The van der Waals surface area contributed by atoms with Crippen molar-refractivity contribution in [3.05, 3.63) is 41.7 Å². The highest BCUT2D eigenvalue weighted by molar-refractivity contribution is 5.91. The van der Waals surface area contributed by atoms with E-state index in [0.717, 1.165) is 17.9 Å². The first-order chi connectivity index (χ1) is 9.20. The van der Waals surface area contributed by atoms with E-state index >= 15 is 0 Å². The fourth-order valence-electron chi connectivity index (χ4n) is 3.40. The molecule has 3 heteroatoms. The maximum absolute atomic E-state index is 12.7. The van der Waals surface area contributed by atoms with Crippen LogP contribution in [-0.4, -0.2) is 11.9 Å². The molecular weight excluding hydrogens is 241 g/mol. The van der Waals surface area contributed by atoms with Crippen LogP contribution in [0.5, 0.6) is 0 Å². The summed E-state index contributed by atoms with van der Waals surface area (Å²) in [6.45, 7) is 0. The second-order valence-electron chi connectivity index (χ2n) is 5.67. The Morgan fingerprint density at radius 2 is 2.00 bits per heavy atom. The molecule has 3 rings (SSSR count). The zero-order chi connectivity index (χ0) is 13.2. The smallest absolute Gasteiger partial charge is 0.244 e. The maximum atomic E-state index is 12.7. The predicted octanol–water partition coefficient (Wildman–Crippen LogP) is 3.14. The number of benzene rings is 1. The van der Waals surface area contributed by atoms with Gasteiger partial charge < -0.3 is 5.32 Å². The molecule has 0 spiro atoms. The fraction of sp³-hybridized carbons (Fsp3) is 0.438. The molecule has 2 fully saturated rings. The van der Waals surface area contributed by atoms with Crippen molar-refractivity contribution in [3.8, 4) is 0 Å². The van der Waals surface area contributed by atoms with Gasteiger partial charge in [-0.05, 0) is 54.9 Å². The van der Waals surface area contributed by atoms with E-state index in [-0.39, 0.29) is 11.7 Å². The van der Waals surface area contributed by atoms with Crippen LogP contribution in [0.1, 0.15) is 31.2 Å². The summed E-state index contributed by atoms with van der Waals surface area (Å²) in [7, 11) is 0. The first-order valence-electron chi connectivity index (χ1n) is 6.95. The van der Waals surface area contributed by atoms with E-state index < -0.39 is 0 Å². The highest BCUT2D eigenvalue weighted by Gasteiger charge is 2.39. The van der Waals surface area contributed by atoms with Crippen LogP contribution in [0.4, 0.5) is 4.39 Å². The third-order valence-electron chi connectivity index (χ3n) is 4.36. The standard InChI is InChI=1S/C16H18FNO/c17-14-6-2-11(3-7-14)4-8-16(19)18-15-10-12-1-5-13(15)9-12/h2-4,6-8,12-13,15H,1,5,9-10H2,(H,18,19). The van der Waals surface area contributed by atoms with Gasteiger partial charge in [0.15, 0.2) is 0 Å². The van der Waals surface area contributed by atoms with E-state index in [1.807, 2.05) is 0 Å². The Balaban J connectivity index is 1.55. The van der Waals surface area contributed by atoms with E-state index in [1.165, 1.54) is 31.4 Å². The number of halogens is 1. The number of carbonyl (C=O) groups is 1. The zero-order valence-corrected chi connectivity index (χ0v) is 10.8. The van der Waals surface area contributed by atoms with E-state index in [4.69, 9.17) is 0 Å². The van der Waals surface area contributed by atoms with Gasteiger partial charge in [0.1, 0.15) is 5.82 Å². The molecule has 100 valence electrons. The minimum atomic E-state index is -0.261. The summed E-state index contributed by atoms with van der Waals surface area (Å²) < 4.78 is 12.7. The van der Waals surface area contributed by atoms with Crippen LogP contribution in [-0.2, 0) is 4.79 Å².